The monoisotopic (exact) mass is 210 g/mol. The van der Waals surface area contributed by atoms with Gasteiger partial charge in [0.05, 0.1) is 7.11 Å². The predicted octanol–water partition coefficient (Wildman–Crippen LogP) is 2.94. The standard InChI is InChI=1S/C15H14O/c1-16-7-2-3-10-11(6-7)14-13-9-5-4-8(9)12(10)15(13)14/h2-6,8-9,12-15H,1H3/t8-,9-,12+,13+,14+,15-/m0/s1. The van der Waals surface area contributed by atoms with Gasteiger partial charge in [-0.25, -0.2) is 0 Å². The quantitative estimate of drug-likeness (QED) is 0.647. The van der Waals surface area contributed by atoms with E-state index in [1.54, 1.807) is 18.2 Å². The van der Waals surface area contributed by atoms with Crippen LogP contribution in [0.1, 0.15) is 23.0 Å². The molecule has 0 radical (unpaired) electrons. The zero-order chi connectivity index (χ0) is 10.4. The van der Waals surface area contributed by atoms with E-state index in [0.717, 1.165) is 41.3 Å². The molecular formula is C15H14O. The molecule has 16 heavy (non-hydrogen) atoms. The molecule has 0 bridgehead atoms. The number of rotatable bonds is 1. The lowest BCUT2D eigenvalue weighted by Crippen LogP contribution is -2.20. The first-order valence-electron chi connectivity index (χ1n) is 6.26. The van der Waals surface area contributed by atoms with Crippen LogP contribution in [0.25, 0.3) is 0 Å². The van der Waals surface area contributed by atoms with Gasteiger partial charge in [0.25, 0.3) is 0 Å². The van der Waals surface area contributed by atoms with Gasteiger partial charge in [-0.1, -0.05) is 18.2 Å². The second-order valence-electron chi connectivity index (χ2n) is 5.74. The van der Waals surface area contributed by atoms with Crippen molar-refractivity contribution in [2.75, 3.05) is 7.11 Å². The van der Waals surface area contributed by atoms with Crippen LogP contribution < -0.4 is 4.74 Å². The molecule has 0 amide bonds. The normalized spacial score (nSPS) is 48.1. The van der Waals surface area contributed by atoms with Crippen LogP contribution in [0, 0.1) is 23.7 Å². The molecule has 80 valence electrons. The summed E-state index contributed by atoms with van der Waals surface area (Å²) < 4.78 is 5.35. The highest BCUT2D eigenvalue weighted by atomic mass is 16.5. The molecule has 0 heterocycles. The predicted molar refractivity (Wildman–Crippen MR) is 61.6 cm³/mol. The smallest absolute Gasteiger partial charge is 0.119 e. The minimum absolute atomic E-state index is 0.853. The summed E-state index contributed by atoms with van der Waals surface area (Å²) in [5.74, 6) is 6.52. The van der Waals surface area contributed by atoms with Crippen LogP contribution in [0.2, 0.25) is 0 Å². The van der Waals surface area contributed by atoms with Gasteiger partial charge >= 0.3 is 0 Å². The van der Waals surface area contributed by atoms with Gasteiger partial charge in [-0.3, -0.25) is 0 Å². The highest BCUT2D eigenvalue weighted by Crippen LogP contribution is 2.80. The first-order chi connectivity index (χ1) is 7.90. The van der Waals surface area contributed by atoms with Gasteiger partial charge in [-0.2, -0.15) is 0 Å². The third kappa shape index (κ3) is 0.634. The second-order valence-corrected chi connectivity index (χ2v) is 5.74. The van der Waals surface area contributed by atoms with Crippen LogP contribution in [0.15, 0.2) is 30.4 Å². The topological polar surface area (TPSA) is 9.23 Å². The molecule has 5 rings (SSSR count). The Kier molecular flexibility index (Phi) is 1.10. The Morgan fingerprint density at radius 2 is 1.81 bits per heavy atom. The fraction of sp³-hybridized carbons (Fsp3) is 0.467. The van der Waals surface area contributed by atoms with Crippen LogP contribution in [-0.2, 0) is 0 Å². The molecule has 0 unspecified atom stereocenters. The molecule has 4 aliphatic rings. The van der Waals surface area contributed by atoms with Gasteiger partial charge in [0, 0.05) is 0 Å². The summed E-state index contributed by atoms with van der Waals surface area (Å²) in [5, 5.41) is 0. The Balaban J connectivity index is 1.71. The largest absolute Gasteiger partial charge is 0.497 e. The van der Waals surface area contributed by atoms with Crippen LogP contribution in [0.3, 0.4) is 0 Å². The maximum atomic E-state index is 5.35. The van der Waals surface area contributed by atoms with Crippen LogP contribution in [-0.4, -0.2) is 7.11 Å². The fourth-order valence-corrected chi connectivity index (χ4v) is 4.79. The van der Waals surface area contributed by atoms with E-state index in [2.05, 4.69) is 30.4 Å². The van der Waals surface area contributed by atoms with E-state index in [0.29, 0.717) is 0 Å². The lowest BCUT2D eigenvalue weighted by Gasteiger charge is -2.28. The summed E-state index contributed by atoms with van der Waals surface area (Å²) in [6.45, 7) is 0. The van der Waals surface area contributed by atoms with Crippen molar-refractivity contribution in [3.63, 3.8) is 0 Å². The number of allylic oxidation sites excluding steroid dienone is 2. The van der Waals surface area contributed by atoms with Crippen molar-refractivity contribution in [1.82, 2.24) is 0 Å². The van der Waals surface area contributed by atoms with Gasteiger partial charge in [0.1, 0.15) is 5.75 Å². The third-order valence-corrected chi connectivity index (χ3v) is 5.42. The molecule has 2 fully saturated rings. The Morgan fingerprint density at radius 1 is 0.938 bits per heavy atom. The minimum Gasteiger partial charge on any atom is -0.497 e. The Bertz CT molecular complexity index is 530. The van der Waals surface area contributed by atoms with Crippen molar-refractivity contribution in [3.05, 3.63) is 41.5 Å². The van der Waals surface area contributed by atoms with E-state index in [-0.39, 0.29) is 0 Å². The fourth-order valence-electron chi connectivity index (χ4n) is 4.79. The van der Waals surface area contributed by atoms with Gasteiger partial charge < -0.3 is 4.74 Å². The Morgan fingerprint density at radius 3 is 2.56 bits per heavy atom. The number of fused-ring (bicyclic) bond motifs is 7. The first kappa shape index (κ1) is 7.94. The van der Waals surface area contributed by atoms with Crippen molar-refractivity contribution in [2.24, 2.45) is 23.7 Å². The van der Waals surface area contributed by atoms with E-state index < -0.39 is 0 Å². The van der Waals surface area contributed by atoms with Crippen molar-refractivity contribution in [1.29, 1.82) is 0 Å². The lowest BCUT2D eigenvalue weighted by molar-refractivity contribution is 0.398. The Hall–Kier alpha value is -1.24. The minimum atomic E-state index is 0.853. The van der Waals surface area contributed by atoms with Gasteiger partial charge in [-0.15, -0.1) is 0 Å². The van der Waals surface area contributed by atoms with Gasteiger partial charge in [0.15, 0.2) is 0 Å². The summed E-state index contributed by atoms with van der Waals surface area (Å²) in [4.78, 5) is 0. The number of benzene rings is 1. The van der Waals surface area contributed by atoms with E-state index in [1.165, 1.54) is 0 Å². The van der Waals surface area contributed by atoms with E-state index in [9.17, 15) is 0 Å². The van der Waals surface area contributed by atoms with E-state index >= 15 is 0 Å². The molecule has 1 heteroatoms. The average Bonchev–Trinajstić information content (AvgIpc) is 2.82. The third-order valence-electron chi connectivity index (χ3n) is 5.42. The molecule has 6 atom stereocenters. The second kappa shape index (κ2) is 2.22. The van der Waals surface area contributed by atoms with E-state index in [1.807, 2.05) is 0 Å². The molecular weight excluding hydrogens is 196 g/mol. The molecule has 0 N–H and O–H groups in total. The van der Waals surface area contributed by atoms with Gasteiger partial charge in [-0.05, 0) is 58.8 Å². The summed E-state index contributed by atoms with van der Waals surface area (Å²) in [7, 11) is 1.76. The number of methoxy groups -OCH3 is 1. The molecule has 0 aliphatic heterocycles. The van der Waals surface area contributed by atoms with Crippen molar-refractivity contribution >= 4 is 0 Å². The highest BCUT2D eigenvalue weighted by molar-refractivity contribution is 5.55. The Labute approximate surface area is 95.1 Å². The number of hydrogen-bond acceptors (Lipinski definition) is 1. The van der Waals surface area contributed by atoms with Crippen molar-refractivity contribution < 1.29 is 4.74 Å². The molecule has 0 spiro atoms. The molecule has 0 aromatic heterocycles. The number of ether oxygens (including phenoxy) is 1. The van der Waals surface area contributed by atoms with Crippen molar-refractivity contribution in [3.8, 4) is 5.75 Å². The summed E-state index contributed by atoms with van der Waals surface area (Å²) in [6.07, 6.45) is 4.89. The van der Waals surface area contributed by atoms with E-state index in [4.69, 9.17) is 4.74 Å². The molecule has 1 nitrogen and oxygen atoms in total. The molecule has 1 aromatic carbocycles. The molecule has 2 saturated carbocycles. The summed E-state index contributed by atoms with van der Waals surface area (Å²) in [6, 6.07) is 6.74. The molecule has 0 saturated heterocycles. The number of hydrogen-bond donors (Lipinski definition) is 0. The molecule has 1 aromatic rings. The summed E-state index contributed by atoms with van der Waals surface area (Å²) in [5.41, 5.74) is 3.24. The average molecular weight is 210 g/mol. The van der Waals surface area contributed by atoms with Crippen LogP contribution in [0.5, 0.6) is 5.75 Å². The maximum absolute atomic E-state index is 5.35. The highest BCUT2D eigenvalue weighted by Gasteiger charge is 2.71. The van der Waals surface area contributed by atoms with Crippen molar-refractivity contribution in [2.45, 2.75) is 11.8 Å². The summed E-state index contributed by atoms with van der Waals surface area (Å²) >= 11 is 0. The zero-order valence-corrected chi connectivity index (χ0v) is 9.26. The van der Waals surface area contributed by atoms with Crippen LogP contribution in [0.4, 0.5) is 0 Å². The lowest BCUT2D eigenvalue weighted by atomic mass is 9.76. The van der Waals surface area contributed by atoms with Crippen LogP contribution >= 0.6 is 0 Å². The SMILES string of the molecule is COc1ccc2c(c1)[C@H]1[C@H]3[C@@H]2[C@H]2C=C[C@@H]2[C@H]13. The molecule has 4 aliphatic carbocycles. The maximum Gasteiger partial charge on any atom is 0.119 e. The van der Waals surface area contributed by atoms with Gasteiger partial charge in [0.2, 0.25) is 0 Å². The first-order valence-corrected chi connectivity index (χ1v) is 6.26. The zero-order valence-electron chi connectivity index (χ0n) is 9.26.